The molecule has 2 rings (SSSR count). The zero-order valence-corrected chi connectivity index (χ0v) is 38.3. The summed E-state index contributed by atoms with van der Waals surface area (Å²) in [6.45, 7) is 7.43. The Morgan fingerprint density at radius 1 is 0.541 bits per heavy atom. The maximum atomic E-state index is 12.9. The van der Waals surface area contributed by atoms with Crippen molar-refractivity contribution in [2.75, 3.05) is 46.2 Å². The molecule has 0 fully saturated rings. The van der Waals surface area contributed by atoms with Crippen LogP contribution in [0.5, 0.6) is 0 Å². The molecule has 0 amide bonds. The zero-order valence-electron chi connectivity index (χ0n) is 38.3. The number of rotatable bonds is 43. The van der Waals surface area contributed by atoms with E-state index in [1.165, 1.54) is 103 Å². The van der Waals surface area contributed by atoms with E-state index in [-0.39, 0.29) is 50.7 Å². The van der Waals surface area contributed by atoms with E-state index in [1.807, 2.05) is 30.3 Å². The smallest absolute Gasteiger partial charge is 0.306 e. The number of ether oxygens (including phenoxy) is 6. The van der Waals surface area contributed by atoms with Crippen molar-refractivity contribution in [2.45, 2.75) is 200 Å². The number of hydrogen-bond acceptors (Lipinski definition) is 11. The van der Waals surface area contributed by atoms with E-state index in [0.29, 0.717) is 58.0 Å². The number of aryl methyl sites for hydroxylation is 1. The fraction of sp³-hybridized carbons (Fsp3) is 0.776. The number of carbonyl (C=O) groups is 3. The summed E-state index contributed by atoms with van der Waals surface area (Å²) in [4.78, 5) is 37.9. The SMILES string of the molecule is CCCCCCCCCCCCCC(=O)OCC(Cn1cc(CCC(=O)OCCOCCOCCOCc2ccccc2)nn1)OC(=O)CCCCCCCCCCCCC. The van der Waals surface area contributed by atoms with Crippen molar-refractivity contribution >= 4 is 17.9 Å². The molecule has 0 aliphatic heterocycles. The van der Waals surface area contributed by atoms with E-state index < -0.39 is 6.10 Å². The first-order valence-electron chi connectivity index (χ1n) is 24.2. The number of unbranched alkanes of at least 4 members (excludes halogenated alkanes) is 20. The van der Waals surface area contributed by atoms with Crippen molar-refractivity contribution in [2.24, 2.45) is 0 Å². The van der Waals surface area contributed by atoms with Crippen molar-refractivity contribution in [3.63, 3.8) is 0 Å². The van der Waals surface area contributed by atoms with Crippen LogP contribution >= 0.6 is 0 Å². The third-order valence-corrected chi connectivity index (χ3v) is 10.6. The molecule has 12 nitrogen and oxygen atoms in total. The second kappa shape index (κ2) is 39.5. The molecule has 0 aliphatic carbocycles. The second-order valence-electron chi connectivity index (χ2n) is 16.3. The lowest BCUT2D eigenvalue weighted by molar-refractivity contribution is -0.160. The second-order valence-corrected chi connectivity index (χ2v) is 16.3. The summed E-state index contributed by atoms with van der Waals surface area (Å²) in [5, 5.41) is 8.39. The normalized spacial score (nSPS) is 11.8. The van der Waals surface area contributed by atoms with Crippen LogP contribution in [-0.4, -0.2) is 85.3 Å². The molecule has 2 aromatic rings. The molecule has 0 radical (unpaired) electrons. The summed E-state index contributed by atoms with van der Waals surface area (Å²) in [7, 11) is 0. The topological polar surface area (TPSA) is 137 Å². The van der Waals surface area contributed by atoms with Gasteiger partial charge in [0.2, 0.25) is 0 Å². The van der Waals surface area contributed by atoms with Gasteiger partial charge >= 0.3 is 17.9 Å². The minimum absolute atomic E-state index is 0.0419. The third kappa shape index (κ3) is 33.0. The van der Waals surface area contributed by atoms with Gasteiger partial charge in [0, 0.05) is 25.5 Å². The number of hydrogen-bond donors (Lipinski definition) is 0. The molecule has 1 heterocycles. The Hall–Kier alpha value is -3.35. The molecule has 348 valence electrons. The van der Waals surface area contributed by atoms with Gasteiger partial charge in [0.15, 0.2) is 6.10 Å². The predicted octanol–water partition coefficient (Wildman–Crippen LogP) is 10.9. The minimum atomic E-state index is -0.695. The van der Waals surface area contributed by atoms with Gasteiger partial charge in [-0.05, 0) is 18.4 Å². The first-order valence-corrected chi connectivity index (χ1v) is 24.2. The maximum Gasteiger partial charge on any atom is 0.306 e. The highest BCUT2D eigenvalue weighted by Gasteiger charge is 2.19. The number of benzene rings is 1. The fourth-order valence-corrected chi connectivity index (χ4v) is 6.97. The van der Waals surface area contributed by atoms with Crippen molar-refractivity contribution in [1.82, 2.24) is 15.0 Å². The Kier molecular flexibility index (Phi) is 34.8. The van der Waals surface area contributed by atoms with Crippen LogP contribution in [0.25, 0.3) is 0 Å². The maximum absolute atomic E-state index is 12.9. The Labute approximate surface area is 368 Å². The van der Waals surface area contributed by atoms with Gasteiger partial charge in [-0.2, -0.15) is 0 Å². The number of esters is 3. The van der Waals surface area contributed by atoms with Crippen molar-refractivity contribution in [1.29, 1.82) is 0 Å². The average Bonchev–Trinajstić information content (AvgIpc) is 3.72. The summed E-state index contributed by atoms with van der Waals surface area (Å²) >= 11 is 0. The predicted molar refractivity (Wildman–Crippen MR) is 240 cm³/mol. The lowest BCUT2D eigenvalue weighted by Gasteiger charge is -2.18. The molecule has 0 saturated heterocycles. The summed E-state index contributed by atoms with van der Waals surface area (Å²) in [5.74, 6) is -0.936. The van der Waals surface area contributed by atoms with Crippen LogP contribution in [0.4, 0.5) is 0 Å². The Balaban J connectivity index is 1.65. The van der Waals surface area contributed by atoms with Gasteiger partial charge in [0.05, 0.1) is 58.3 Å². The summed E-state index contributed by atoms with van der Waals surface area (Å²) in [5.41, 5.74) is 1.73. The van der Waals surface area contributed by atoms with Gasteiger partial charge in [0.25, 0.3) is 0 Å². The molecule has 1 unspecified atom stereocenters. The van der Waals surface area contributed by atoms with Gasteiger partial charge in [-0.1, -0.05) is 178 Å². The summed E-state index contributed by atoms with van der Waals surface area (Å²) < 4.78 is 34.9. The van der Waals surface area contributed by atoms with E-state index in [1.54, 1.807) is 10.9 Å². The molecular weight excluding hydrogens is 775 g/mol. The van der Waals surface area contributed by atoms with Crippen LogP contribution in [0.15, 0.2) is 36.5 Å². The standard InChI is InChI=1S/C49H83N3O9/c1-3-5-7-9-11-13-15-17-19-21-26-30-47(53)60-43-46(61-49(55)31-27-22-20-18-16-14-12-10-8-6-4-2)41-52-40-45(50-51-52)32-33-48(54)59-39-38-57-35-34-56-36-37-58-42-44-28-24-23-25-29-44/h23-25,28-29,40,46H,3-22,26-27,30-39,41-43H2,1-2H3. The number of aromatic nitrogens is 3. The largest absolute Gasteiger partial charge is 0.463 e. The van der Waals surface area contributed by atoms with Gasteiger partial charge in [-0.25, -0.2) is 4.68 Å². The van der Waals surface area contributed by atoms with Gasteiger partial charge < -0.3 is 28.4 Å². The molecule has 61 heavy (non-hydrogen) atoms. The van der Waals surface area contributed by atoms with E-state index in [0.717, 1.165) is 44.1 Å². The Bertz CT molecular complexity index is 1330. The van der Waals surface area contributed by atoms with E-state index in [2.05, 4.69) is 24.2 Å². The molecule has 1 aromatic carbocycles. The molecule has 12 heteroatoms. The van der Waals surface area contributed by atoms with Crippen LogP contribution in [0.3, 0.4) is 0 Å². The molecule has 0 spiro atoms. The lowest BCUT2D eigenvalue weighted by atomic mass is 10.1. The summed E-state index contributed by atoms with van der Waals surface area (Å²) in [6, 6.07) is 9.99. The minimum Gasteiger partial charge on any atom is -0.463 e. The highest BCUT2D eigenvalue weighted by molar-refractivity contribution is 5.70. The van der Waals surface area contributed by atoms with Gasteiger partial charge in [0.1, 0.15) is 13.2 Å². The highest BCUT2D eigenvalue weighted by Crippen LogP contribution is 2.15. The van der Waals surface area contributed by atoms with Crippen LogP contribution in [0.2, 0.25) is 0 Å². The fourth-order valence-electron chi connectivity index (χ4n) is 6.97. The first kappa shape index (κ1) is 53.8. The number of carbonyl (C=O) groups excluding carboxylic acids is 3. The van der Waals surface area contributed by atoms with Crippen molar-refractivity contribution in [3.8, 4) is 0 Å². The summed E-state index contributed by atoms with van der Waals surface area (Å²) in [6.07, 6.45) is 28.8. The van der Waals surface area contributed by atoms with Crippen molar-refractivity contribution in [3.05, 3.63) is 47.8 Å². The van der Waals surface area contributed by atoms with Gasteiger partial charge in [-0.3, -0.25) is 14.4 Å². The van der Waals surface area contributed by atoms with Crippen LogP contribution in [0.1, 0.15) is 186 Å². The molecule has 0 N–H and O–H groups in total. The number of nitrogens with zero attached hydrogens (tertiary/aromatic N) is 3. The van der Waals surface area contributed by atoms with E-state index >= 15 is 0 Å². The third-order valence-electron chi connectivity index (χ3n) is 10.6. The quantitative estimate of drug-likeness (QED) is 0.0358. The molecule has 0 aliphatic rings. The first-order chi connectivity index (χ1) is 30.0. The van der Waals surface area contributed by atoms with Crippen LogP contribution < -0.4 is 0 Å². The van der Waals surface area contributed by atoms with Crippen LogP contribution in [0, 0.1) is 0 Å². The Morgan fingerprint density at radius 3 is 1.57 bits per heavy atom. The molecular formula is C49H83N3O9. The van der Waals surface area contributed by atoms with Crippen LogP contribution in [-0.2, 0) is 62.4 Å². The lowest BCUT2D eigenvalue weighted by Crippen LogP contribution is -2.30. The average molecular weight is 858 g/mol. The molecule has 1 atom stereocenters. The molecule has 0 saturated carbocycles. The van der Waals surface area contributed by atoms with E-state index in [9.17, 15) is 14.4 Å². The zero-order chi connectivity index (χ0) is 43.7. The van der Waals surface area contributed by atoms with Crippen molar-refractivity contribution < 1.29 is 42.8 Å². The Morgan fingerprint density at radius 2 is 1.02 bits per heavy atom. The van der Waals surface area contributed by atoms with E-state index in [4.69, 9.17) is 28.4 Å². The molecule has 1 aromatic heterocycles. The monoisotopic (exact) mass is 858 g/mol. The molecule has 0 bridgehead atoms. The highest BCUT2D eigenvalue weighted by atomic mass is 16.6. The van der Waals surface area contributed by atoms with Gasteiger partial charge in [-0.15, -0.1) is 5.10 Å².